The normalized spacial score (nSPS) is 24.7. The first-order valence-electron chi connectivity index (χ1n) is 7.98. The highest BCUT2D eigenvalue weighted by Gasteiger charge is 2.41. The Morgan fingerprint density at radius 1 is 1.27 bits per heavy atom. The van der Waals surface area contributed by atoms with Gasteiger partial charge in [0.2, 0.25) is 0 Å². The van der Waals surface area contributed by atoms with E-state index in [1.54, 1.807) is 0 Å². The highest BCUT2D eigenvalue weighted by Crippen LogP contribution is 2.31. The van der Waals surface area contributed by atoms with Crippen molar-refractivity contribution in [2.24, 2.45) is 0 Å². The van der Waals surface area contributed by atoms with Crippen LogP contribution in [0.3, 0.4) is 0 Å². The molecule has 0 aromatic carbocycles. The van der Waals surface area contributed by atoms with E-state index in [0.29, 0.717) is 31.1 Å². The van der Waals surface area contributed by atoms with Crippen LogP contribution in [0.5, 0.6) is 0 Å². The minimum atomic E-state index is -0.248. The zero-order chi connectivity index (χ0) is 15.6. The largest absolute Gasteiger partial charge is 0.378 e. The third-order valence-electron chi connectivity index (χ3n) is 4.55. The van der Waals surface area contributed by atoms with Crippen molar-refractivity contribution in [2.75, 3.05) is 37.8 Å². The van der Waals surface area contributed by atoms with Crippen molar-refractivity contribution in [1.82, 2.24) is 10.2 Å². The van der Waals surface area contributed by atoms with E-state index in [1.165, 1.54) is 0 Å². The summed E-state index contributed by atoms with van der Waals surface area (Å²) in [6.45, 7) is 7.54. The first-order valence-corrected chi connectivity index (χ1v) is 7.98. The molecule has 22 heavy (non-hydrogen) atoms. The van der Waals surface area contributed by atoms with Gasteiger partial charge < -0.3 is 14.4 Å². The van der Waals surface area contributed by atoms with Gasteiger partial charge in [0.1, 0.15) is 17.2 Å². The Bertz CT molecular complexity index is 591. The number of morpholine rings is 1. The van der Waals surface area contributed by atoms with E-state index in [2.05, 4.69) is 28.1 Å². The van der Waals surface area contributed by atoms with Crippen molar-refractivity contribution in [3.8, 4) is 6.07 Å². The minimum Gasteiger partial charge on any atom is -0.378 e. The molecule has 1 spiro atoms. The summed E-state index contributed by atoms with van der Waals surface area (Å²) in [6.07, 6.45) is 2.49. The predicted molar refractivity (Wildman–Crippen MR) is 81.8 cm³/mol. The van der Waals surface area contributed by atoms with Crippen LogP contribution in [0.25, 0.3) is 0 Å². The Morgan fingerprint density at radius 2 is 2.14 bits per heavy atom. The number of hydrogen-bond donors (Lipinski definition) is 0. The van der Waals surface area contributed by atoms with Gasteiger partial charge in [0.25, 0.3) is 0 Å². The fourth-order valence-corrected chi connectivity index (χ4v) is 3.35. The van der Waals surface area contributed by atoms with Crippen LogP contribution in [-0.2, 0) is 22.3 Å². The fourth-order valence-electron chi connectivity index (χ4n) is 3.35. The monoisotopic (exact) mass is 302 g/mol. The number of ether oxygens (including phenoxy) is 2. The lowest BCUT2D eigenvalue weighted by Crippen LogP contribution is -2.53. The summed E-state index contributed by atoms with van der Waals surface area (Å²) in [6, 6.07) is 2.35. The van der Waals surface area contributed by atoms with E-state index in [9.17, 15) is 5.26 Å². The summed E-state index contributed by atoms with van der Waals surface area (Å²) >= 11 is 0. The van der Waals surface area contributed by atoms with Crippen LogP contribution >= 0.6 is 0 Å². The topological polar surface area (TPSA) is 71.3 Å². The summed E-state index contributed by atoms with van der Waals surface area (Å²) < 4.78 is 11.5. The van der Waals surface area contributed by atoms with Crippen molar-refractivity contribution in [3.63, 3.8) is 0 Å². The number of hydrogen-bond acceptors (Lipinski definition) is 6. The zero-order valence-corrected chi connectivity index (χ0v) is 13.3. The molecule has 1 aromatic rings. The van der Waals surface area contributed by atoms with E-state index < -0.39 is 0 Å². The van der Waals surface area contributed by atoms with Gasteiger partial charge in [-0.2, -0.15) is 10.4 Å². The molecule has 3 rings (SSSR count). The Kier molecular flexibility index (Phi) is 4.27. The second kappa shape index (κ2) is 6.19. The van der Waals surface area contributed by atoms with Crippen molar-refractivity contribution < 1.29 is 9.47 Å². The highest BCUT2D eigenvalue weighted by molar-refractivity contribution is 5.58. The van der Waals surface area contributed by atoms with Gasteiger partial charge in [-0.05, 0) is 18.4 Å². The average molecular weight is 302 g/mol. The lowest BCUT2D eigenvalue weighted by Gasteiger charge is -2.40. The molecule has 6 heteroatoms. The standard InChI is InChI=1S/C16H22N4O2/c1-3-12-13(9-17)15(19-18-14(12)4-2)20-6-8-22-16(10-20)5-7-21-11-16/h3-8,10-11H2,1-2H3. The summed E-state index contributed by atoms with van der Waals surface area (Å²) in [5.74, 6) is 0.700. The van der Waals surface area contributed by atoms with Gasteiger partial charge in [-0.25, -0.2) is 0 Å². The van der Waals surface area contributed by atoms with E-state index >= 15 is 0 Å². The summed E-state index contributed by atoms with van der Waals surface area (Å²) in [7, 11) is 0. The van der Waals surface area contributed by atoms with Crippen molar-refractivity contribution in [2.45, 2.75) is 38.7 Å². The number of aryl methyl sites for hydroxylation is 1. The molecule has 2 aliphatic heterocycles. The molecule has 0 N–H and O–H groups in total. The maximum atomic E-state index is 9.64. The van der Waals surface area contributed by atoms with Crippen LogP contribution in [-0.4, -0.2) is 48.7 Å². The van der Waals surface area contributed by atoms with E-state index in [-0.39, 0.29) is 5.60 Å². The van der Waals surface area contributed by atoms with Crippen LogP contribution in [0.1, 0.15) is 37.1 Å². The molecular weight excluding hydrogens is 280 g/mol. The molecule has 6 nitrogen and oxygen atoms in total. The molecule has 3 heterocycles. The predicted octanol–water partition coefficient (Wildman–Crippen LogP) is 1.47. The van der Waals surface area contributed by atoms with Crippen molar-refractivity contribution >= 4 is 5.82 Å². The smallest absolute Gasteiger partial charge is 0.169 e. The number of nitrogens with zero attached hydrogens (tertiary/aromatic N) is 4. The summed E-state index contributed by atoms with van der Waals surface area (Å²) in [5.41, 5.74) is 2.38. The molecule has 0 aliphatic carbocycles. The van der Waals surface area contributed by atoms with Crippen LogP contribution in [0.15, 0.2) is 0 Å². The second-order valence-electron chi connectivity index (χ2n) is 5.90. The number of rotatable bonds is 3. The molecule has 0 bridgehead atoms. The van der Waals surface area contributed by atoms with Gasteiger partial charge >= 0.3 is 0 Å². The van der Waals surface area contributed by atoms with Crippen molar-refractivity contribution in [1.29, 1.82) is 5.26 Å². The minimum absolute atomic E-state index is 0.248. The lowest BCUT2D eigenvalue weighted by atomic mass is 9.99. The fraction of sp³-hybridized carbons (Fsp3) is 0.688. The van der Waals surface area contributed by atoms with E-state index in [0.717, 1.165) is 43.7 Å². The van der Waals surface area contributed by atoms with Gasteiger partial charge in [0, 0.05) is 19.6 Å². The Morgan fingerprint density at radius 3 is 2.77 bits per heavy atom. The molecule has 0 amide bonds. The molecule has 0 radical (unpaired) electrons. The molecule has 118 valence electrons. The van der Waals surface area contributed by atoms with Crippen LogP contribution in [0.4, 0.5) is 5.82 Å². The quantitative estimate of drug-likeness (QED) is 0.842. The Balaban J connectivity index is 1.96. The van der Waals surface area contributed by atoms with Gasteiger partial charge in [0.15, 0.2) is 5.82 Å². The van der Waals surface area contributed by atoms with Crippen LogP contribution in [0.2, 0.25) is 0 Å². The van der Waals surface area contributed by atoms with Gasteiger partial charge in [-0.3, -0.25) is 0 Å². The van der Waals surface area contributed by atoms with Gasteiger partial charge in [-0.15, -0.1) is 5.10 Å². The number of nitriles is 1. The highest BCUT2D eigenvalue weighted by atomic mass is 16.6. The van der Waals surface area contributed by atoms with Gasteiger partial charge in [-0.1, -0.05) is 13.8 Å². The summed E-state index contributed by atoms with van der Waals surface area (Å²) in [5, 5.41) is 18.4. The molecular formula is C16H22N4O2. The number of anilines is 1. The Labute approximate surface area is 131 Å². The molecule has 2 aliphatic rings. The molecule has 1 unspecified atom stereocenters. The lowest BCUT2D eigenvalue weighted by molar-refractivity contribution is -0.0581. The van der Waals surface area contributed by atoms with Crippen molar-refractivity contribution in [3.05, 3.63) is 16.8 Å². The van der Waals surface area contributed by atoms with E-state index in [4.69, 9.17) is 9.47 Å². The first kappa shape index (κ1) is 15.2. The molecule has 2 fully saturated rings. The molecule has 2 saturated heterocycles. The first-order chi connectivity index (χ1) is 10.7. The second-order valence-corrected chi connectivity index (χ2v) is 5.90. The van der Waals surface area contributed by atoms with Gasteiger partial charge in [0.05, 0.1) is 25.5 Å². The van der Waals surface area contributed by atoms with E-state index in [1.807, 2.05) is 6.92 Å². The maximum absolute atomic E-state index is 9.64. The molecule has 1 aromatic heterocycles. The summed E-state index contributed by atoms with van der Waals surface area (Å²) in [4.78, 5) is 2.14. The maximum Gasteiger partial charge on any atom is 0.169 e. The third kappa shape index (κ3) is 2.55. The molecule has 0 saturated carbocycles. The Hall–Kier alpha value is -1.71. The zero-order valence-electron chi connectivity index (χ0n) is 13.3. The van der Waals surface area contributed by atoms with Crippen LogP contribution < -0.4 is 4.90 Å². The van der Waals surface area contributed by atoms with Crippen LogP contribution in [0, 0.1) is 11.3 Å². The molecule has 1 atom stereocenters. The average Bonchev–Trinajstić information content (AvgIpc) is 3.00. The SMILES string of the molecule is CCc1nnc(N2CCOC3(CCOC3)C2)c(C#N)c1CC. The number of aromatic nitrogens is 2. The third-order valence-corrected chi connectivity index (χ3v) is 4.55.